The maximum Gasteiger partial charge on any atom is 0.417 e. The van der Waals surface area contributed by atoms with Crippen LogP contribution in [0.4, 0.5) is 13.2 Å². The Morgan fingerprint density at radius 1 is 0.385 bits per heavy atom. The molecule has 0 unspecified atom stereocenters. The summed E-state index contributed by atoms with van der Waals surface area (Å²) in [5.41, 5.74) is 14.3. The highest BCUT2D eigenvalue weighted by Gasteiger charge is 2.34. The number of para-hydroxylation sites is 2. The van der Waals surface area contributed by atoms with E-state index >= 15 is 0 Å². The second kappa shape index (κ2) is 15.3. The molecule has 0 spiro atoms. The van der Waals surface area contributed by atoms with Gasteiger partial charge in [-0.05, 0) is 127 Å². The van der Waals surface area contributed by atoms with E-state index in [2.05, 4.69) is 138 Å². The molecular formula is C59H40F3N3. The third-order valence-electron chi connectivity index (χ3n) is 12.8. The Morgan fingerprint density at radius 3 is 1.35 bits per heavy atom. The number of rotatable bonds is 6. The first-order valence-electron chi connectivity index (χ1n) is 21.6. The van der Waals surface area contributed by atoms with E-state index in [1.165, 1.54) is 17.2 Å². The van der Waals surface area contributed by atoms with Crippen molar-refractivity contribution in [3.05, 3.63) is 216 Å². The van der Waals surface area contributed by atoms with E-state index in [9.17, 15) is 18.4 Å². The molecule has 0 aliphatic carbocycles. The number of hydrogen-bond donors (Lipinski definition) is 0. The largest absolute Gasteiger partial charge is 0.417 e. The Bertz CT molecular complexity index is 3730. The molecule has 312 valence electrons. The van der Waals surface area contributed by atoms with Crippen molar-refractivity contribution in [3.8, 4) is 62.0 Å². The van der Waals surface area contributed by atoms with Gasteiger partial charge in [-0.3, -0.25) is 0 Å². The summed E-state index contributed by atoms with van der Waals surface area (Å²) < 4.78 is 49.2. The lowest BCUT2D eigenvalue weighted by molar-refractivity contribution is -0.137. The molecule has 0 atom stereocenters. The molecule has 65 heavy (non-hydrogen) atoms. The van der Waals surface area contributed by atoms with Gasteiger partial charge in [0.05, 0.1) is 50.6 Å². The number of halogens is 3. The number of hydrogen-bond acceptors (Lipinski definition) is 1. The standard InChI is InChI=1S/C59H40F3N3/c1-36-12-18-40(19-13-36)42-22-27-56-49(32-42)46-8-4-6-10-53(46)64(56)55-26-17-39(35-63)31-48(55)51-34-44(45-25-16-38(3)30-52(45)59(60,61)62)24-29-58(51)65-54-11-7-5-9-47(54)50-33-43(23-28-57(50)65)41-20-14-37(2)15-21-41/h4-34H,1-3H3. The molecule has 0 aliphatic rings. The lowest BCUT2D eigenvalue weighted by atomic mass is 9.92. The minimum Gasteiger partial charge on any atom is -0.309 e. The van der Waals surface area contributed by atoms with Crippen LogP contribution in [0.3, 0.4) is 0 Å². The number of aromatic nitrogens is 2. The van der Waals surface area contributed by atoms with E-state index in [1.807, 2.05) is 54.6 Å². The summed E-state index contributed by atoms with van der Waals surface area (Å²) in [7, 11) is 0. The van der Waals surface area contributed by atoms with E-state index in [0.717, 1.165) is 77.2 Å². The van der Waals surface area contributed by atoms with Crippen molar-refractivity contribution in [1.82, 2.24) is 9.13 Å². The lowest BCUT2D eigenvalue weighted by Crippen LogP contribution is -2.08. The van der Waals surface area contributed by atoms with Crippen molar-refractivity contribution >= 4 is 43.6 Å². The van der Waals surface area contributed by atoms with Crippen molar-refractivity contribution in [3.63, 3.8) is 0 Å². The molecule has 0 N–H and O–H groups in total. The highest BCUT2D eigenvalue weighted by Crippen LogP contribution is 2.45. The molecule has 2 aromatic heterocycles. The van der Waals surface area contributed by atoms with Crippen LogP contribution in [0, 0.1) is 32.1 Å². The molecule has 0 saturated heterocycles. The first-order valence-corrected chi connectivity index (χ1v) is 21.6. The van der Waals surface area contributed by atoms with E-state index in [-0.39, 0.29) is 5.56 Å². The van der Waals surface area contributed by atoms with Gasteiger partial charge in [-0.15, -0.1) is 0 Å². The predicted octanol–water partition coefficient (Wildman–Crippen LogP) is 16.4. The highest BCUT2D eigenvalue weighted by atomic mass is 19.4. The molecule has 6 heteroatoms. The second-order valence-electron chi connectivity index (χ2n) is 17.0. The average molecular weight is 848 g/mol. The van der Waals surface area contributed by atoms with Crippen LogP contribution in [0.15, 0.2) is 188 Å². The SMILES string of the molecule is Cc1ccc(-c2ccc3c(c2)c2ccccc2n3-c2ccc(C#N)cc2-c2cc(-c3ccc(C)cc3C(F)(F)F)ccc2-n2c3ccccc3c3cc(-c4ccc(C)cc4)ccc32)cc1. The normalized spacial score (nSPS) is 11.8. The molecule has 0 saturated carbocycles. The third-order valence-corrected chi connectivity index (χ3v) is 12.8. The van der Waals surface area contributed by atoms with Crippen LogP contribution in [-0.4, -0.2) is 9.13 Å². The molecule has 0 fully saturated rings. The highest BCUT2D eigenvalue weighted by molar-refractivity contribution is 6.13. The first kappa shape index (κ1) is 39.7. The number of benzene rings is 9. The average Bonchev–Trinajstić information content (AvgIpc) is 3.83. The van der Waals surface area contributed by atoms with Gasteiger partial charge in [-0.2, -0.15) is 18.4 Å². The van der Waals surface area contributed by atoms with E-state index in [4.69, 9.17) is 0 Å². The quantitative estimate of drug-likeness (QED) is 0.164. The minimum absolute atomic E-state index is 0.0827. The number of nitriles is 1. The maximum atomic E-state index is 14.9. The summed E-state index contributed by atoms with van der Waals surface area (Å²) in [5.74, 6) is 0. The molecule has 0 amide bonds. The predicted molar refractivity (Wildman–Crippen MR) is 261 cm³/mol. The number of aryl methyl sites for hydroxylation is 3. The Labute approximate surface area is 374 Å². The first-order chi connectivity index (χ1) is 31.5. The fraction of sp³-hybridized carbons (Fsp3) is 0.0678. The fourth-order valence-corrected chi connectivity index (χ4v) is 9.59. The van der Waals surface area contributed by atoms with Crippen LogP contribution in [0.5, 0.6) is 0 Å². The van der Waals surface area contributed by atoms with Gasteiger partial charge in [0.1, 0.15) is 0 Å². The minimum atomic E-state index is -4.59. The van der Waals surface area contributed by atoms with Crippen molar-refractivity contribution in [2.75, 3.05) is 0 Å². The fourth-order valence-electron chi connectivity index (χ4n) is 9.59. The Hall–Kier alpha value is -8.14. The lowest BCUT2D eigenvalue weighted by Gasteiger charge is -2.21. The third kappa shape index (κ3) is 6.76. The van der Waals surface area contributed by atoms with Crippen LogP contribution < -0.4 is 0 Å². The number of nitrogens with zero attached hydrogens (tertiary/aromatic N) is 3. The molecule has 0 bridgehead atoms. The molecular weight excluding hydrogens is 808 g/mol. The summed E-state index contributed by atoms with van der Waals surface area (Å²) >= 11 is 0. The summed E-state index contributed by atoms with van der Waals surface area (Å²) in [6.45, 7) is 5.83. The molecule has 3 nitrogen and oxygen atoms in total. The van der Waals surface area contributed by atoms with Gasteiger partial charge in [0, 0.05) is 32.7 Å². The van der Waals surface area contributed by atoms with Crippen LogP contribution in [-0.2, 0) is 6.18 Å². The van der Waals surface area contributed by atoms with E-state index in [1.54, 1.807) is 25.1 Å². The maximum absolute atomic E-state index is 14.9. The van der Waals surface area contributed by atoms with Gasteiger partial charge in [-0.25, -0.2) is 0 Å². The summed E-state index contributed by atoms with van der Waals surface area (Å²) in [6.07, 6.45) is -4.59. The Balaban J connectivity index is 1.22. The zero-order valence-corrected chi connectivity index (χ0v) is 35.9. The van der Waals surface area contributed by atoms with Crippen molar-refractivity contribution in [2.45, 2.75) is 26.9 Å². The van der Waals surface area contributed by atoms with E-state index < -0.39 is 11.7 Å². The second-order valence-corrected chi connectivity index (χ2v) is 17.0. The van der Waals surface area contributed by atoms with Gasteiger partial charge in [-0.1, -0.05) is 132 Å². The molecule has 11 aromatic rings. The topological polar surface area (TPSA) is 33.6 Å². The molecule has 11 rings (SSSR count). The van der Waals surface area contributed by atoms with Gasteiger partial charge in [0.2, 0.25) is 0 Å². The van der Waals surface area contributed by atoms with Crippen molar-refractivity contribution < 1.29 is 13.2 Å². The van der Waals surface area contributed by atoms with Crippen molar-refractivity contribution in [2.24, 2.45) is 0 Å². The van der Waals surface area contributed by atoms with E-state index in [0.29, 0.717) is 27.8 Å². The molecule has 9 aromatic carbocycles. The summed E-state index contributed by atoms with van der Waals surface area (Å²) in [5, 5.41) is 14.7. The zero-order valence-electron chi connectivity index (χ0n) is 35.9. The molecule has 0 aliphatic heterocycles. The zero-order chi connectivity index (χ0) is 44.6. The monoisotopic (exact) mass is 847 g/mol. The van der Waals surface area contributed by atoms with Crippen LogP contribution in [0.2, 0.25) is 0 Å². The van der Waals surface area contributed by atoms with Gasteiger partial charge < -0.3 is 9.13 Å². The summed E-state index contributed by atoms with van der Waals surface area (Å²) in [4.78, 5) is 0. The van der Waals surface area contributed by atoms with Crippen LogP contribution in [0.1, 0.15) is 27.8 Å². The molecule has 2 heterocycles. The smallest absolute Gasteiger partial charge is 0.309 e. The Morgan fingerprint density at radius 2 is 0.831 bits per heavy atom. The van der Waals surface area contributed by atoms with Crippen LogP contribution >= 0.6 is 0 Å². The van der Waals surface area contributed by atoms with Crippen molar-refractivity contribution in [1.29, 1.82) is 5.26 Å². The van der Waals surface area contributed by atoms with Gasteiger partial charge in [0.25, 0.3) is 0 Å². The molecule has 0 radical (unpaired) electrons. The Kier molecular flexibility index (Phi) is 9.34. The number of fused-ring (bicyclic) bond motifs is 6. The summed E-state index contributed by atoms with van der Waals surface area (Å²) in [6, 6.07) is 64.7. The van der Waals surface area contributed by atoms with Gasteiger partial charge >= 0.3 is 6.18 Å². The number of alkyl halides is 3. The van der Waals surface area contributed by atoms with Gasteiger partial charge in [0.15, 0.2) is 0 Å². The van der Waals surface area contributed by atoms with Crippen LogP contribution in [0.25, 0.3) is 99.5 Å².